The van der Waals surface area contributed by atoms with Gasteiger partial charge in [-0.2, -0.15) is 0 Å². The van der Waals surface area contributed by atoms with E-state index in [4.69, 9.17) is 16.3 Å². The molecular weight excluding hydrogens is 348 g/mol. The lowest BCUT2D eigenvalue weighted by Gasteiger charge is -2.08. The number of aromatic hydroxyl groups is 1. The molecular formula is C17H15ClN2O5. The average Bonchev–Trinajstić information content (AvgIpc) is 2.59. The number of ether oxygens (including phenoxy) is 1. The van der Waals surface area contributed by atoms with Gasteiger partial charge in [-0.15, -0.1) is 0 Å². The Hall–Kier alpha value is -3.06. The van der Waals surface area contributed by atoms with Crippen LogP contribution in [0.2, 0.25) is 5.02 Å². The number of halogens is 1. The topological polar surface area (TPSA) is 105 Å². The number of carbonyl (C=O) groups is 3. The number of anilines is 1. The van der Waals surface area contributed by atoms with Gasteiger partial charge in [-0.25, -0.2) is 4.79 Å². The van der Waals surface area contributed by atoms with E-state index in [-0.39, 0.29) is 22.2 Å². The van der Waals surface area contributed by atoms with Crippen molar-refractivity contribution in [3.63, 3.8) is 0 Å². The van der Waals surface area contributed by atoms with E-state index in [9.17, 15) is 19.5 Å². The molecule has 25 heavy (non-hydrogen) atoms. The summed E-state index contributed by atoms with van der Waals surface area (Å²) in [5.74, 6) is -2.07. The van der Waals surface area contributed by atoms with Gasteiger partial charge >= 0.3 is 5.97 Å². The molecule has 0 fully saturated rings. The van der Waals surface area contributed by atoms with E-state index in [1.165, 1.54) is 31.3 Å². The molecule has 0 spiro atoms. The molecule has 3 N–H and O–H groups in total. The highest BCUT2D eigenvalue weighted by Gasteiger charge is 2.15. The third-order valence-corrected chi connectivity index (χ3v) is 3.38. The maximum absolute atomic E-state index is 11.9. The monoisotopic (exact) mass is 362 g/mol. The van der Waals surface area contributed by atoms with Crippen molar-refractivity contribution < 1.29 is 24.2 Å². The van der Waals surface area contributed by atoms with E-state index in [1.54, 1.807) is 18.2 Å². The molecule has 130 valence electrons. The first kappa shape index (κ1) is 18.3. The predicted octanol–water partition coefficient (Wildman–Crippen LogP) is 2.20. The summed E-state index contributed by atoms with van der Waals surface area (Å²) in [5, 5.41) is 14.9. The fourth-order valence-corrected chi connectivity index (χ4v) is 2.13. The third-order valence-electron chi connectivity index (χ3n) is 3.15. The number of benzene rings is 2. The summed E-state index contributed by atoms with van der Waals surface area (Å²) in [5.41, 5.74) is 0.665. The zero-order valence-electron chi connectivity index (χ0n) is 13.2. The van der Waals surface area contributed by atoms with Gasteiger partial charge in [-0.05, 0) is 36.4 Å². The lowest BCUT2D eigenvalue weighted by molar-refractivity contribution is -0.119. The summed E-state index contributed by atoms with van der Waals surface area (Å²) >= 11 is 5.68. The second kappa shape index (κ2) is 8.16. The van der Waals surface area contributed by atoms with Gasteiger partial charge in [0.1, 0.15) is 11.3 Å². The Morgan fingerprint density at radius 2 is 1.92 bits per heavy atom. The summed E-state index contributed by atoms with van der Waals surface area (Å²) < 4.78 is 4.85. The van der Waals surface area contributed by atoms with Crippen LogP contribution in [0.15, 0.2) is 42.5 Å². The zero-order valence-corrected chi connectivity index (χ0v) is 14.0. The summed E-state index contributed by atoms with van der Waals surface area (Å²) in [6.07, 6.45) is 0. The molecule has 0 radical (unpaired) electrons. The van der Waals surface area contributed by atoms with E-state index in [1.807, 2.05) is 0 Å². The van der Waals surface area contributed by atoms with Gasteiger partial charge < -0.3 is 20.5 Å². The van der Waals surface area contributed by atoms with Crippen LogP contribution in [0.1, 0.15) is 20.7 Å². The van der Waals surface area contributed by atoms with Gasteiger partial charge in [0.2, 0.25) is 0 Å². The Balaban J connectivity index is 1.94. The van der Waals surface area contributed by atoms with E-state index in [0.29, 0.717) is 11.3 Å². The van der Waals surface area contributed by atoms with Crippen LogP contribution in [-0.4, -0.2) is 36.5 Å². The van der Waals surface area contributed by atoms with Gasteiger partial charge in [-0.1, -0.05) is 17.7 Å². The Bertz CT molecular complexity index is 822. The quantitative estimate of drug-likeness (QED) is 0.707. The zero-order chi connectivity index (χ0) is 18.4. The van der Waals surface area contributed by atoms with Crippen molar-refractivity contribution in [3.8, 4) is 5.75 Å². The van der Waals surface area contributed by atoms with Crippen molar-refractivity contribution in [2.75, 3.05) is 19.0 Å². The third kappa shape index (κ3) is 4.95. The van der Waals surface area contributed by atoms with E-state index < -0.39 is 18.5 Å². The van der Waals surface area contributed by atoms with Crippen molar-refractivity contribution in [2.24, 2.45) is 0 Å². The highest BCUT2D eigenvalue weighted by molar-refractivity contribution is 6.30. The first-order chi connectivity index (χ1) is 11.9. The molecule has 2 aromatic carbocycles. The number of rotatable bonds is 5. The first-order valence-corrected chi connectivity index (χ1v) is 7.56. The van der Waals surface area contributed by atoms with Crippen molar-refractivity contribution in [3.05, 3.63) is 58.6 Å². The maximum atomic E-state index is 11.9. The van der Waals surface area contributed by atoms with Crippen LogP contribution in [-0.2, 0) is 9.53 Å². The number of phenols is 1. The molecule has 0 aliphatic carbocycles. The minimum absolute atomic E-state index is 0.0983. The second-order valence-electron chi connectivity index (χ2n) is 4.95. The summed E-state index contributed by atoms with van der Waals surface area (Å²) in [7, 11) is 1.50. The molecule has 0 atom stereocenters. The molecule has 0 aliphatic rings. The Labute approximate surface area is 148 Å². The standard InChI is InChI=1S/C17H15ClN2O5/c1-19-16(23)10-3-2-4-12(7-10)20-15(22)9-25-17(24)13-6-5-11(18)8-14(13)21/h2-8,21H,9H2,1H3,(H,19,23)(H,20,22). The van der Waals surface area contributed by atoms with Crippen molar-refractivity contribution >= 4 is 35.1 Å². The lowest BCUT2D eigenvalue weighted by Crippen LogP contribution is -2.22. The molecule has 0 saturated carbocycles. The van der Waals surface area contributed by atoms with Crippen LogP contribution >= 0.6 is 11.6 Å². The number of esters is 1. The number of nitrogens with one attached hydrogen (secondary N) is 2. The van der Waals surface area contributed by atoms with Crippen LogP contribution in [0.5, 0.6) is 5.75 Å². The van der Waals surface area contributed by atoms with E-state index in [0.717, 1.165) is 0 Å². The fourth-order valence-electron chi connectivity index (χ4n) is 1.97. The van der Waals surface area contributed by atoms with Crippen LogP contribution in [0.3, 0.4) is 0 Å². The van der Waals surface area contributed by atoms with Gasteiger partial charge in [0.15, 0.2) is 6.61 Å². The number of phenolic OH excluding ortho intramolecular Hbond substituents is 1. The largest absolute Gasteiger partial charge is 0.507 e. The summed E-state index contributed by atoms with van der Waals surface area (Å²) in [6, 6.07) is 10.2. The predicted molar refractivity (Wildman–Crippen MR) is 91.9 cm³/mol. The fraction of sp³-hybridized carbons (Fsp3) is 0.118. The molecule has 7 nitrogen and oxygen atoms in total. The van der Waals surface area contributed by atoms with Crippen LogP contribution in [0.4, 0.5) is 5.69 Å². The minimum Gasteiger partial charge on any atom is -0.507 e. The molecule has 8 heteroatoms. The Kier molecular flexibility index (Phi) is 5.97. The lowest BCUT2D eigenvalue weighted by atomic mass is 10.2. The molecule has 2 rings (SSSR count). The number of hydrogen-bond acceptors (Lipinski definition) is 5. The molecule has 0 heterocycles. The summed E-state index contributed by atoms with van der Waals surface area (Å²) in [4.78, 5) is 35.3. The molecule has 0 aliphatic heterocycles. The highest BCUT2D eigenvalue weighted by Crippen LogP contribution is 2.22. The van der Waals surface area contributed by atoms with Crippen LogP contribution in [0.25, 0.3) is 0 Å². The molecule has 2 aromatic rings. The Morgan fingerprint density at radius 3 is 2.60 bits per heavy atom. The smallest absolute Gasteiger partial charge is 0.342 e. The normalized spacial score (nSPS) is 10.0. The number of amides is 2. The van der Waals surface area contributed by atoms with Crippen LogP contribution in [0, 0.1) is 0 Å². The van der Waals surface area contributed by atoms with Gasteiger partial charge in [-0.3, -0.25) is 9.59 Å². The second-order valence-corrected chi connectivity index (χ2v) is 5.38. The molecule has 2 amide bonds. The number of carbonyl (C=O) groups excluding carboxylic acids is 3. The molecule has 0 aromatic heterocycles. The van der Waals surface area contributed by atoms with Gasteiger partial charge in [0.05, 0.1) is 0 Å². The first-order valence-electron chi connectivity index (χ1n) is 7.18. The molecule has 0 unspecified atom stereocenters. The van der Waals surface area contributed by atoms with E-state index in [2.05, 4.69) is 10.6 Å². The molecule has 0 bridgehead atoms. The van der Waals surface area contributed by atoms with Crippen molar-refractivity contribution in [1.29, 1.82) is 0 Å². The van der Waals surface area contributed by atoms with Crippen LogP contribution < -0.4 is 10.6 Å². The van der Waals surface area contributed by atoms with E-state index >= 15 is 0 Å². The highest BCUT2D eigenvalue weighted by atomic mass is 35.5. The minimum atomic E-state index is -0.858. The maximum Gasteiger partial charge on any atom is 0.342 e. The van der Waals surface area contributed by atoms with Gasteiger partial charge in [0, 0.05) is 23.3 Å². The Morgan fingerprint density at radius 1 is 1.16 bits per heavy atom. The van der Waals surface area contributed by atoms with Crippen molar-refractivity contribution in [1.82, 2.24) is 5.32 Å². The SMILES string of the molecule is CNC(=O)c1cccc(NC(=O)COC(=O)c2ccc(Cl)cc2O)c1. The van der Waals surface area contributed by atoms with Crippen molar-refractivity contribution in [2.45, 2.75) is 0 Å². The average molecular weight is 363 g/mol. The number of hydrogen-bond donors (Lipinski definition) is 3. The van der Waals surface area contributed by atoms with Gasteiger partial charge in [0.25, 0.3) is 11.8 Å². The summed E-state index contributed by atoms with van der Waals surface area (Å²) in [6.45, 7) is -0.550. The molecule has 0 saturated heterocycles.